The first-order chi connectivity index (χ1) is 16.3. The second kappa shape index (κ2) is 11.1. The lowest BCUT2D eigenvalue weighted by atomic mass is 9.80. The molecular weight excluding hydrogens is 436 g/mol. The molecule has 1 N–H and O–H groups in total. The van der Waals surface area contributed by atoms with Crippen molar-refractivity contribution in [1.82, 2.24) is 5.32 Å². The van der Waals surface area contributed by atoms with Crippen LogP contribution in [-0.2, 0) is 19.1 Å². The van der Waals surface area contributed by atoms with E-state index in [9.17, 15) is 19.7 Å². The Morgan fingerprint density at radius 2 is 1.65 bits per heavy atom. The zero-order valence-corrected chi connectivity index (χ0v) is 19.2. The van der Waals surface area contributed by atoms with Crippen LogP contribution in [0.3, 0.4) is 0 Å². The maximum atomic E-state index is 13.2. The summed E-state index contributed by atoms with van der Waals surface area (Å²) < 4.78 is 10.7. The summed E-state index contributed by atoms with van der Waals surface area (Å²) in [6.07, 6.45) is 3.55. The van der Waals surface area contributed by atoms with Crippen molar-refractivity contribution in [1.29, 1.82) is 0 Å². The molecule has 1 aliphatic rings. The minimum absolute atomic E-state index is 0.0175. The number of carbonyl (C=O) groups is 2. The SMILES string of the molecule is CCOC(=O)C1=C(C)NC(C)=C(C(=O)OC/C=C/c2ccccc2)C1c1cccc([N+](=O)[O-])c1. The Labute approximate surface area is 197 Å². The summed E-state index contributed by atoms with van der Waals surface area (Å²) in [6, 6.07) is 15.5. The molecule has 3 rings (SSSR count). The minimum atomic E-state index is -0.884. The Bertz CT molecular complexity index is 1180. The average molecular weight is 463 g/mol. The number of nitrogens with one attached hydrogen (secondary N) is 1. The summed E-state index contributed by atoms with van der Waals surface area (Å²) in [5.74, 6) is -2.12. The van der Waals surface area contributed by atoms with Gasteiger partial charge in [0.25, 0.3) is 5.69 Å². The van der Waals surface area contributed by atoms with E-state index in [2.05, 4.69) is 5.32 Å². The molecule has 0 fully saturated rings. The number of hydrogen-bond donors (Lipinski definition) is 1. The molecule has 8 nitrogen and oxygen atoms in total. The van der Waals surface area contributed by atoms with Crippen molar-refractivity contribution in [2.75, 3.05) is 13.2 Å². The van der Waals surface area contributed by atoms with Crippen LogP contribution in [0.5, 0.6) is 0 Å². The standard InChI is InChI=1S/C26H26N2O6/c1-4-33-25(29)22-17(2)27-18(3)23(24(22)20-13-8-14-21(16-20)28(31)32)26(30)34-15-9-12-19-10-6-5-7-11-19/h5-14,16,24,27H,4,15H2,1-3H3/b12-9+. The number of benzene rings is 2. The summed E-state index contributed by atoms with van der Waals surface area (Å²) >= 11 is 0. The van der Waals surface area contributed by atoms with Gasteiger partial charge < -0.3 is 14.8 Å². The molecule has 1 heterocycles. The predicted molar refractivity (Wildman–Crippen MR) is 127 cm³/mol. The molecule has 2 aromatic rings. The summed E-state index contributed by atoms with van der Waals surface area (Å²) in [7, 11) is 0. The van der Waals surface area contributed by atoms with E-state index in [0.717, 1.165) is 5.56 Å². The molecule has 0 saturated heterocycles. The van der Waals surface area contributed by atoms with E-state index in [-0.39, 0.29) is 30.0 Å². The van der Waals surface area contributed by atoms with E-state index in [1.165, 1.54) is 18.2 Å². The summed E-state index contributed by atoms with van der Waals surface area (Å²) in [5, 5.41) is 14.4. The lowest BCUT2D eigenvalue weighted by Crippen LogP contribution is -2.32. The van der Waals surface area contributed by atoms with Crippen LogP contribution in [0.15, 0.2) is 83.2 Å². The lowest BCUT2D eigenvalue weighted by molar-refractivity contribution is -0.384. The van der Waals surface area contributed by atoms with Crippen molar-refractivity contribution < 1.29 is 24.0 Å². The van der Waals surface area contributed by atoms with Crippen LogP contribution in [-0.4, -0.2) is 30.1 Å². The van der Waals surface area contributed by atoms with Gasteiger partial charge in [-0.05, 0) is 38.0 Å². The number of carbonyl (C=O) groups excluding carboxylic acids is 2. The number of non-ortho nitro benzene ring substituents is 1. The van der Waals surface area contributed by atoms with E-state index in [1.807, 2.05) is 36.4 Å². The third-order valence-electron chi connectivity index (χ3n) is 5.31. The van der Waals surface area contributed by atoms with Gasteiger partial charge >= 0.3 is 11.9 Å². The molecule has 176 valence electrons. The first kappa shape index (κ1) is 24.4. The van der Waals surface area contributed by atoms with Gasteiger partial charge in [0.05, 0.1) is 28.6 Å². The molecule has 0 bridgehead atoms. The third-order valence-corrected chi connectivity index (χ3v) is 5.31. The molecule has 0 saturated carbocycles. The molecule has 1 atom stereocenters. The number of nitro groups is 1. The Balaban J connectivity index is 1.95. The molecule has 34 heavy (non-hydrogen) atoms. The summed E-state index contributed by atoms with van der Waals surface area (Å²) in [4.78, 5) is 36.9. The number of ether oxygens (including phenoxy) is 2. The van der Waals surface area contributed by atoms with Gasteiger partial charge in [-0.25, -0.2) is 9.59 Å². The smallest absolute Gasteiger partial charge is 0.337 e. The highest BCUT2D eigenvalue weighted by atomic mass is 16.6. The number of nitrogens with zero attached hydrogens (tertiary/aromatic N) is 1. The monoisotopic (exact) mass is 462 g/mol. The molecule has 0 radical (unpaired) electrons. The molecule has 0 aliphatic carbocycles. The van der Waals surface area contributed by atoms with Gasteiger partial charge in [-0.15, -0.1) is 0 Å². The highest BCUT2D eigenvalue weighted by Gasteiger charge is 2.38. The maximum absolute atomic E-state index is 13.2. The van der Waals surface area contributed by atoms with Crippen molar-refractivity contribution in [3.8, 4) is 0 Å². The van der Waals surface area contributed by atoms with E-state index in [4.69, 9.17) is 9.47 Å². The number of dihydropyridines is 1. The molecular formula is C26H26N2O6. The Morgan fingerprint density at radius 1 is 1.00 bits per heavy atom. The molecule has 1 aliphatic heterocycles. The molecule has 0 aromatic heterocycles. The predicted octanol–water partition coefficient (Wildman–Crippen LogP) is 4.65. The van der Waals surface area contributed by atoms with Crippen molar-refractivity contribution in [2.45, 2.75) is 26.7 Å². The fourth-order valence-electron chi connectivity index (χ4n) is 3.85. The van der Waals surface area contributed by atoms with Crippen molar-refractivity contribution in [3.63, 3.8) is 0 Å². The zero-order valence-electron chi connectivity index (χ0n) is 19.2. The minimum Gasteiger partial charge on any atom is -0.463 e. The Hall–Kier alpha value is -4.20. The van der Waals surface area contributed by atoms with Gasteiger partial charge in [0, 0.05) is 23.5 Å². The van der Waals surface area contributed by atoms with Gasteiger partial charge in [-0.3, -0.25) is 10.1 Å². The topological polar surface area (TPSA) is 108 Å². The van der Waals surface area contributed by atoms with Gasteiger partial charge in [0.15, 0.2) is 0 Å². The van der Waals surface area contributed by atoms with Gasteiger partial charge in [-0.2, -0.15) is 0 Å². The lowest BCUT2D eigenvalue weighted by Gasteiger charge is -2.30. The number of esters is 2. The van der Waals surface area contributed by atoms with Crippen LogP contribution in [0.25, 0.3) is 6.08 Å². The van der Waals surface area contributed by atoms with E-state index in [1.54, 1.807) is 32.9 Å². The molecule has 2 aromatic carbocycles. The molecule has 0 amide bonds. The second-order valence-electron chi connectivity index (χ2n) is 7.62. The van der Waals surface area contributed by atoms with Crippen LogP contribution >= 0.6 is 0 Å². The van der Waals surface area contributed by atoms with E-state index < -0.39 is 22.8 Å². The third kappa shape index (κ3) is 5.58. The van der Waals surface area contributed by atoms with Crippen LogP contribution in [0.2, 0.25) is 0 Å². The van der Waals surface area contributed by atoms with Gasteiger partial charge in [0.1, 0.15) is 6.61 Å². The largest absolute Gasteiger partial charge is 0.463 e. The molecule has 8 heteroatoms. The van der Waals surface area contributed by atoms with E-state index >= 15 is 0 Å². The molecule has 1 unspecified atom stereocenters. The Morgan fingerprint density at radius 3 is 2.26 bits per heavy atom. The highest BCUT2D eigenvalue weighted by molar-refractivity contribution is 6.00. The summed E-state index contributed by atoms with van der Waals surface area (Å²) in [6.45, 7) is 5.24. The average Bonchev–Trinajstić information content (AvgIpc) is 2.82. The van der Waals surface area contributed by atoms with Crippen LogP contribution in [0.1, 0.15) is 37.8 Å². The zero-order chi connectivity index (χ0) is 24.7. The van der Waals surface area contributed by atoms with Crippen molar-refractivity contribution in [2.24, 2.45) is 0 Å². The maximum Gasteiger partial charge on any atom is 0.337 e. The van der Waals surface area contributed by atoms with E-state index in [0.29, 0.717) is 17.0 Å². The van der Waals surface area contributed by atoms with Gasteiger partial charge in [-0.1, -0.05) is 48.5 Å². The van der Waals surface area contributed by atoms with Crippen LogP contribution in [0, 0.1) is 10.1 Å². The molecule has 0 spiro atoms. The van der Waals surface area contributed by atoms with Gasteiger partial charge in [0.2, 0.25) is 0 Å². The number of rotatable bonds is 8. The second-order valence-corrected chi connectivity index (χ2v) is 7.62. The Kier molecular flexibility index (Phi) is 7.97. The fourth-order valence-corrected chi connectivity index (χ4v) is 3.85. The van der Waals surface area contributed by atoms with Crippen LogP contribution < -0.4 is 5.32 Å². The highest BCUT2D eigenvalue weighted by Crippen LogP contribution is 2.40. The first-order valence-electron chi connectivity index (χ1n) is 10.8. The first-order valence-corrected chi connectivity index (χ1v) is 10.8. The van der Waals surface area contributed by atoms with Crippen LogP contribution in [0.4, 0.5) is 5.69 Å². The normalized spacial score (nSPS) is 15.8. The fraction of sp³-hybridized carbons (Fsp3) is 0.231. The van der Waals surface area contributed by atoms with Crippen molar-refractivity contribution >= 4 is 23.7 Å². The number of allylic oxidation sites excluding steroid dienone is 2. The number of nitro benzene ring substituents is 1. The number of hydrogen-bond acceptors (Lipinski definition) is 7. The summed E-state index contributed by atoms with van der Waals surface area (Å²) in [5.41, 5.74) is 2.65. The van der Waals surface area contributed by atoms with Crippen molar-refractivity contribution in [3.05, 3.63) is 104 Å². The quantitative estimate of drug-likeness (QED) is 0.346.